The minimum atomic E-state index is -1.18. The standard InChI is InChI=1S/C53H58F2N8O5/c54-36-6-10-38(11-7-36)58-51(66)53(21-22-53)52(67)59-39-12-14-42(15-13-39)68-48-18-24-57-46-30-47(45(55)29-44(46)48)61-26-19-34(20-27-61)31-63-33-40-28-41(63)32-62(40)25-3-1-2-23-56-37-8-4-35(5-9-37)43-16-17-49(64)60-50(43)65/h4-15,18,24,29-30,34,40-41,43,56H,1-3,16-17,19-23,25-28,31-33H2,(H,58,66)(H,59,67)(H,60,64,65)/t40-,41-,43?/m0/s1. The first-order valence-electron chi connectivity index (χ1n) is 24.2. The number of benzene rings is 4. The molecule has 3 atom stereocenters. The highest BCUT2D eigenvalue weighted by atomic mass is 19.1. The van der Waals surface area contributed by atoms with Crippen molar-refractivity contribution in [1.29, 1.82) is 0 Å². The summed E-state index contributed by atoms with van der Waals surface area (Å²) in [6.07, 6.45) is 10.2. The molecule has 4 N–H and O–H groups in total. The van der Waals surface area contributed by atoms with Crippen molar-refractivity contribution in [2.45, 2.75) is 82.2 Å². The highest BCUT2D eigenvalue weighted by molar-refractivity contribution is 6.17. The van der Waals surface area contributed by atoms with E-state index in [0.29, 0.717) is 83.1 Å². The number of fused-ring (bicyclic) bond motifs is 3. The molecule has 0 radical (unpaired) electrons. The van der Waals surface area contributed by atoms with Gasteiger partial charge in [-0.05, 0) is 148 Å². The quantitative estimate of drug-likeness (QED) is 0.0407. The fraction of sp³-hybridized carbons (Fsp3) is 0.415. The zero-order valence-corrected chi connectivity index (χ0v) is 38.2. The number of nitrogens with one attached hydrogen (secondary N) is 4. The number of aromatic nitrogens is 1. The van der Waals surface area contributed by atoms with Crippen LogP contribution in [0, 0.1) is 23.0 Å². The molecule has 1 aliphatic carbocycles. The molecule has 10 rings (SSSR count). The summed E-state index contributed by atoms with van der Waals surface area (Å²) >= 11 is 0. The molecule has 2 bridgehead atoms. The van der Waals surface area contributed by atoms with Crippen LogP contribution in [0.15, 0.2) is 97.2 Å². The van der Waals surface area contributed by atoms with Crippen LogP contribution in [0.5, 0.6) is 11.5 Å². The molecule has 5 fully saturated rings. The maximum absolute atomic E-state index is 15.9. The molecule has 1 saturated carbocycles. The van der Waals surface area contributed by atoms with Crippen LogP contribution in [-0.4, -0.2) is 96.3 Å². The van der Waals surface area contributed by atoms with E-state index in [-0.39, 0.29) is 23.5 Å². The zero-order chi connectivity index (χ0) is 46.8. The smallest absolute Gasteiger partial charge is 0.240 e. The largest absolute Gasteiger partial charge is 0.457 e. The van der Waals surface area contributed by atoms with E-state index in [0.717, 1.165) is 76.3 Å². The Morgan fingerprint density at radius 3 is 2.13 bits per heavy atom. The van der Waals surface area contributed by atoms with Crippen LogP contribution < -0.4 is 30.9 Å². The predicted molar refractivity (Wildman–Crippen MR) is 258 cm³/mol. The third kappa shape index (κ3) is 10.0. The lowest BCUT2D eigenvalue weighted by atomic mass is 9.90. The summed E-state index contributed by atoms with van der Waals surface area (Å²) in [7, 11) is 0. The second-order valence-electron chi connectivity index (χ2n) is 19.3. The fourth-order valence-electron chi connectivity index (χ4n) is 10.6. The van der Waals surface area contributed by atoms with Crippen LogP contribution in [-0.2, 0) is 19.2 Å². The number of nitrogens with zero attached hydrogens (tertiary/aromatic N) is 4. The van der Waals surface area contributed by atoms with Crippen LogP contribution in [0.4, 0.5) is 31.5 Å². The summed E-state index contributed by atoms with van der Waals surface area (Å²) < 4.78 is 35.4. The zero-order valence-electron chi connectivity index (χ0n) is 38.2. The summed E-state index contributed by atoms with van der Waals surface area (Å²) in [4.78, 5) is 62.0. The number of hydrogen-bond acceptors (Lipinski definition) is 10. The van der Waals surface area contributed by atoms with Crippen LogP contribution >= 0.6 is 0 Å². The molecule has 4 saturated heterocycles. The van der Waals surface area contributed by atoms with Crippen molar-refractivity contribution in [3.8, 4) is 11.5 Å². The second kappa shape index (κ2) is 19.6. The van der Waals surface area contributed by atoms with Gasteiger partial charge >= 0.3 is 0 Å². The highest BCUT2D eigenvalue weighted by Gasteiger charge is 2.56. The van der Waals surface area contributed by atoms with Gasteiger partial charge in [0.15, 0.2) is 0 Å². The molecule has 5 heterocycles. The molecule has 1 aromatic heterocycles. The number of imide groups is 1. The molecule has 354 valence electrons. The number of carbonyl (C=O) groups excluding carboxylic acids is 4. The van der Waals surface area contributed by atoms with Gasteiger partial charge in [-0.15, -0.1) is 0 Å². The summed E-state index contributed by atoms with van der Waals surface area (Å²) in [5, 5.41) is 12.1. The topological polar surface area (TPSA) is 148 Å². The van der Waals surface area contributed by atoms with E-state index in [2.05, 4.69) is 41.0 Å². The van der Waals surface area contributed by atoms with E-state index in [1.165, 1.54) is 49.6 Å². The number of anilines is 4. The van der Waals surface area contributed by atoms with Gasteiger partial charge in [0.2, 0.25) is 23.6 Å². The Bertz CT molecular complexity index is 2650. The lowest BCUT2D eigenvalue weighted by Gasteiger charge is -2.39. The number of hydrogen-bond donors (Lipinski definition) is 4. The Labute approximate surface area is 395 Å². The van der Waals surface area contributed by atoms with Crippen LogP contribution in [0.25, 0.3) is 10.9 Å². The van der Waals surface area contributed by atoms with Gasteiger partial charge in [-0.25, -0.2) is 8.78 Å². The van der Waals surface area contributed by atoms with Crippen molar-refractivity contribution >= 4 is 57.3 Å². The maximum atomic E-state index is 15.9. The molecular weight excluding hydrogens is 867 g/mol. The van der Waals surface area contributed by atoms with Crippen LogP contribution in [0.2, 0.25) is 0 Å². The molecule has 13 nitrogen and oxygen atoms in total. The van der Waals surface area contributed by atoms with Crippen molar-refractivity contribution in [2.75, 3.05) is 66.7 Å². The van der Waals surface area contributed by atoms with Gasteiger partial charge < -0.3 is 25.6 Å². The van der Waals surface area contributed by atoms with E-state index < -0.39 is 23.0 Å². The first-order valence-corrected chi connectivity index (χ1v) is 24.2. The van der Waals surface area contributed by atoms with E-state index in [9.17, 15) is 23.6 Å². The lowest BCUT2D eigenvalue weighted by molar-refractivity contribution is -0.134. The maximum Gasteiger partial charge on any atom is 0.240 e. The number of unbranched alkanes of at least 4 members (excludes halogenated alkanes) is 2. The monoisotopic (exact) mass is 924 g/mol. The van der Waals surface area contributed by atoms with Crippen LogP contribution in [0.1, 0.15) is 75.7 Å². The van der Waals surface area contributed by atoms with E-state index in [1.54, 1.807) is 36.5 Å². The average molecular weight is 925 g/mol. The van der Waals surface area contributed by atoms with Crippen molar-refractivity contribution in [1.82, 2.24) is 20.1 Å². The van der Waals surface area contributed by atoms with Gasteiger partial charge in [-0.1, -0.05) is 18.6 Å². The number of likely N-dealkylation sites (tertiary alicyclic amines) is 2. The Kier molecular flexibility index (Phi) is 13.1. The van der Waals surface area contributed by atoms with Gasteiger partial charge in [-0.2, -0.15) is 0 Å². The number of amides is 4. The fourth-order valence-corrected chi connectivity index (χ4v) is 10.6. The van der Waals surface area contributed by atoms with Gasteiger partial charge in [0, 0.05) is 86.4 Å². The van der Waals surface area contributed by atoms with E-state index in [4.69, 9.17) is 4.74 Å². The van der Waals surface area contributed by atoms with Gasteiger partial charge in [0.05, 0.1) is 17.1 Å². The molecule has 5 aliphatic rings. The number of piperidine rings is 2. The summed E-state index contributed by atoms with van der Waals surface area (Å²) in [5.41, 5.74) is 2.95. The van der Waals surface area contributed by atoms with E-state index >= 15 is 4.39 Å². The first kappa shape index (κ1) is 45.3. The normalized spacial score (nSPS) is 21.4. The molecule has 4 amide bonds. The second-order valence-corrected chi connectivity index (χ2v) is 19.3. The minimum Gasteiger partial charge on any atom is -0.457 e. The molecule has 5 aromatic rings. The predicted octanol–water partition coefficient (Wildman–Crippen LogP) is 8.44. The molecule has 0 spiro atoms. The average Bonchev–Trinajstić information content (AvgIpc) is 3.95. The summed E-state index contributed by atoms with van der Waals surface area (Å²) in [6.45, 7) is 7.04. The van der Waals surface area contributed by atoms with Gasteiger partial charge in [0.1, 0.15) is 28.5 Å². The van der Waals surface area contributed by atoms with Crippen LogP contribution in [0.3, 0.4) is 0 Å². The molecule has 4 aliphatic heterocycles. The Morgan fingerprint density at radius 1 is 0.779 bits per heavy atom. The summed E-state index contributed by atoms with van der Waals surface area (Å²) in [5.74, 6) is -0.659. The summed E-state index contributed by atoms with van der Waals surface area (Å²) in [6, 6.07) is 26.5. The number of rotatable bonds is 17. The van der Waals surface area contributed by atoms with Crippen molar-refractivity contribution in [2.24, 2.45) is 11.3 Å². The SMILES string of the molecule is O=C1CCC(c2ccc(NCCCCCN3C[C@@H]4C[C@H]3CN4CC3CCN(c4cc5nccc(Oc6ccc(NC(=O)C7(C(=O)Nc8ccc(F)cc8)CC7)cc6)c5cc4F)CC3)cc2)C(=O)N1. The number of halogens is 2. The molecule has 4 aromatic carbocycles. The first-order chi connectivity index (χ1) is 33.1. The molecular formula is C53H58F2N8O5. The highest BCUT2D eigenvalue weighted by Crippen LogP contribution is 2.48. The Morgan fingerprint density at radius 2 is 1.46 bits per heavy atom. The molecule has 68 heavy (non-hydrogen) atoms. The number of carbonyl (C=O) groups is 4. The van der Waals surface area contributed by atoms with Gasteiger partial charge in [-0.3, -0.25) is 39.3 Å². The molecule has 1 unspecified atom stereocenters. The Hall–Kier alpha value is -6.45. The number of pyridine rings is 1. The third-order valence-electron chi connectivity index (χ3n) is 14.8. The van der Waals surface area contributed by atoms with Gasteiger partial charge in [0.25, 0.3) is 0 Å². The lowest BCUT2D eigenvalue weighted by Crippen LogP contribution is -2.49. The van der Waals surface area contributed by atoms with Crippen molar-refractivity contribution in [3.05, 3.63) is 114 Å². The molecule has 15 heteroatoms. The number of ether oxygens (including phenoxy) is 1. The third-order valence-corrected chi connectivity index (χ3v) is 14.8. The minimum absolute atomic E-state index is 0.189. The van der Waals surface area contributed by atoms with E-state index in [1.807, 2.05) is 30.3 Å². The van der Waals surface area contributed by atoms with Crippen molar-refractivity contribution < 1.29 is 32.7 Å². The van der Waals surface area contributed by atoms with Crippen molar-refractivity contribution in [3.63, 3.8) is 0 Å². The number of piperazine rings is 1. The Balaban J connectivity index is 0.641.